The Kier molecular flexibility index (Phi) is 6.13. The SMILES string of the molecule is C=C(CCCC)Nc1cncc(-c2cnc3n[nH]c(-c4cc5c(-c6ccc(F)cc6)nccc5[nH]4)c3c2)c1. The predicted molar refractivity (Wildman–Crippen MR) is 150 cm³/mol. The van der Waals surface area contributed by atoms with E-state index in [0.717, 1.165) is 80.7 Å². The van der Waals surface area contributed by atoms with Crippen LogP contribution in [0.4, 0.5) is 10.1 Å². The van der Waals surface area contributed by atoms with Gasteiger partial charge >= 0.3 is 0 Å². The third-order valence-corrected chi connectivity index (χ3v) is 6.57. The topological polar surface area (TPSA) is 95.2 Å². The number of pyridine rings is 3. The van der Waals surface area contributed by atoms with Crippen LogP contribution in [0.1, 0.15) is 26.2 Å². The van der Waals surface area contributed by atoms with Crippen molar-refractivity contribution in [2.24, 2.45) is 0 Å². The van der Waals surface area contributed by atoms with Crippen LogP contribution in [0.3, 0.4) is 0 Å². The summed E-state index contributed by atoms with van der Waals surface area (Å²) in [6, 6.07) is 14.4. The first kappa shape index (κ1) is 23.5. The highest BCUT2D eigenvalue weighted by atomic mass is 19.1. The van der Waals surface area contributed by atoms with Crippen molar-refractivity contribution >= 4 is 27.6 Å². The van der Waals surface area contributed by atoms with E-state index in [4.69, 9.17) is 0 Å². The molecule has 0 aliphatic heterocycles. The fourth-order valence-electron chi connectivity index (χ4n) is 4.61. The molecule has 0 aliphatic carbocycles. The lowest BCUT2D eigenvalue weighted by Crippen LogP contribution is -1.98. The van der Waals surface area contributed by atoms with Crippen molar-refractivity contribution < 1.29 is 4.39 Å². The molecule has 0 unspecified atom stereocenters. The fourth-order valence-corrected chi connectivity index (χ4v) is 4.61. The van der Waals surface area contributed by atoms with Gasteiger partial charge < -0.3 is 10.3 Å². The van der Waals surface area contributed by atoms with E-state index in [9.17, 15) is 4.39 Å². The fraction of sp³-hybridized carbons (Fsp3) is 0.133. The number of hydrogen-bond donors (Lipinski definition) is 3. The summed E-state index contributed by atoms with van der Waals surface area (Å²) in [5.74, 6) is -0.277. The zero-order valence-corrected chi connectivity index (χ0v) is 20.9. The quantitative estimate of drug-likeness (QED) is 0.200. The minimum absolute atomic E-state index is 0.277. The second kappa shape index (κ2) is 9.89. The van der Waals surface area contributed by atoms with Crippen LogP contribution in [0.2, 0.25) is 0 Å². The second-order valence-electron chi connectivity index (χ2n) is 9.30. The largest absolute Gasteiger partial charge is 0.358 e. The summed E-state index contributed by atoms with van der Waals surface area (Å²) in [7, 11) is 0. The number of nitrogens with zero attached hydrogens (tertiary/aromatic N) is 4. The van der Waals surface area contributed by atoms with Crippen molar-refractivity contribution in [1.82, 2.24) is 30.1 Å². The summed E-state index contributed by atoms with van der Waals surface area (Å²) in [5, 5.41) is 12.8. The van der Waals surface area contributed by atoms with Crippen molar-refractivity contribution in [2.45, 2.75) is 26.2 Å². The van der Waals surface area contributed by atoms with Crippen LogP contribution in [-0.4, -0.2) is 30.1 Å². The maximum atomic E-state index is 13.5. The number of unbranched alkanes of at least 4 members (excludes halogenated alkanes) is 1. The molecule has 6 aromatic rings. The van der Waals surface area contributed by atoms with Gasteiger partial charge in [-0.1, -0.05) is 19.9 Å². The van der Waals surface area contributed by atoms with E-state index in [0.29, 0.717) is 5.65 Å². The lowest BCUT2D eigenvalue weighted by atomic mass is 10.1. The Morgan fingerprint density at radius 3 is 2.63 bits per heavy atom. The van der Waals surface area contributed by atoms with Crippen LogP contribution in [0.25, 0.3) is 55.7 Å². The molecule has 0 fully saturated rings. The third kappa shape index (κ3) is 4.52. The number of H-pyrrole nitrogens is 2. The number of aromatic nitrogens is 6. The Morgan fingerprint density at radius 2 is 1.79 bits per heavy atom. The molecule has 0 bridgehead atoms. The van der Waals surface area contributed by atoms with Crippen molar-refractivity contribution in [3.05, 3.63) is 91.4 Å². The van der Waals surface area contributed by atoms with Gasteiger partial charge in [-0.2, -0.15) is 5.10 Å². The van der Waals surface area contributed by atoms with E-state index in [1.807, 2.05) is 18.3 Å². The van der Waals surface area contributed by atoms with Gasteiger partial charge in [0.25, 0.3) is 0 Å². The molecule has 188 valence electrons. The smallest absolute Gasteiger partial charge is 0.181 e. The van der Waals surface area contributed by atoms with Crippen LogP contribution >= 0.6 is 0 Å². The maximum absolute atomic E-state index is 13.5. The van der Waals surface area contributed by atoms with Crippen molar-refractivity contribution in [2.75, 3.05) is 5.32 Å². The number of halogens is 1. The minimum atomic E-state index is -0.277. The van der Waals surface area contributed by atoms with E-state index in [1.165, 1.54) is 12.1 Å². The number of hydrogen-bond acceptors (Lipinski definition) is 5. The molecule has 5 aromatic heterocycles. The van der Waals surface area contributed by atoms with E-state index in [-0.39, 0.29) is 5.82 Å². The zero-order chi connectivity index (χ0) is 26.1. The second-order valence-corrected chi connectivity index (χ2v) is 9.30. The maximum Gasteiger partial charge on any atom is 0.181 e. The molecule has 38 heavy (non-hydrogen) atoms. The highest BCUT2D eigenvalue weighted by Crippen LogP contribution is 2.34. The third-order valence-electron chi connectivity index (χ3n) is 6.57. The van der Waals surface area contributed by atoms with Crippen LogP contribution in [0.15, 0.2) is 85.6 Å². The van der Waals surface area contributed by atoms with Gasteiger partial charge in [-0.25, -0.2) is 9.37 Å². The molecule has 0 spiro atoms. The molecule has 6 rings (SSSR count). The standard InChI is InChI=1S/C30H26FN7/c1-3-4-5-18(2)35-23-12-20(15-32-17-23)21-13-25-29(37-38-30(25)34-16-21)27-14-24-26(36-27)10-11-33-28(24)19-6-8-22(31)9-7-19/h6-17,35-36H,2-5H2,1H3,(H,34,37,38). The Bertz CT molecular complexity index is 1770. The zero-order valence-electron chi connectivity index (χ0n) is 20.9. The number of nitrogens with one attached hydrogen (secondary N) is 3. The summed E-state index contributed by atoms with van der Waals surface area (Å²) in [5.41, 5.74) is 8.60. The summed E-state index contributed by atoms with van der Waals surface area (Å²) < 4.78 is 13.5. The Hall–Kier alpha value is -4.85. The lowest BCUT2D eigenvalue weighted by Gasteiger charge is -2.10. The Balaban J connectivity index is 1.37. The average Bonchev–Trinajstić information content (AvgIpc) is 3.56. The number of aromatic amines is 2. The van der Waals surface area contributed by atoms with E-state index >= 15 is 0 Å². The van der Waals surface area contributed by atoms with Gasteiger partial charge in [-0.3, -0.25) is 15.1 Å². The predicted octanol–water partition coefficient (Wildman–Crippen LogP) is 7.49. The lowest BCUT2D eigenvalue weighted by molar-refractivity contribution is 0.628. The van der Waals surface area contributed by atoms with Crippen LogP contribution in [-0.2, 0) is 0 Å². The molecule has 0 amide bonds. The number of allylic oxidation sites excluding steroid dienone is 1. The van der Waals surface area contributed by atoms with Crippen molar-refractivity contribution in [1.29, 1.82) is 0 Å². The summed E-state index contributed by atoms with van der Waals surface area (Å²) >= 11 is 0. The monoisotopic (exact) mass is 503 g/mol. The van der Waals surface area contributed by atoms with Gasteiger partial charge in [0.1, 0.15) is 5.82 Å². The molecule has 1 aromatic carbocycles. The van der Waals surface area contributed by atoms with E-state index in [2.05, 4.69) is 61.1 Å². The molecule has 7 nitrogen and oxygen atoms in total. The van der Waals surface area contributed by atoms with Crippen LogP contribution in [0.5, 0.6) is 0 Å². The summed E-state index contributed by atoms with van der Waals surface area (Å²) in [6.07, 6.45) is 10.3. The number of benzene rings is 1. The molecule has 8 heteroatoms. The molecular formula is C30H26FN7. The molecule has 3 N–H and O–H groups in total. The van der Waals surface area contributed by atoms with E-state index in [1.54, 1.807) is 30.7 Å². The normalized spacial score (nSPS) is 11.3. The summed E-state index contributed by atoms with van der Waals surface area (Å²) in [4.78, 5) is 17.1. The van der Waals surface area contributed by atoms with Gasteiger partial charge in [0.05, 0.1) is 29.0 Å². The molecule has 0 aliphatic rings. The van der Waals surface area contributed by atoms with Crippen LogP contribution in [0, 0.1) is 5.82 Å². The van der Waals surface area contributed by atoms with Gasteiger partial charge in [-0.15, -0.1) is 0 Å². The van der Waals surface area contributed by atoms with Crippen LogP contribution < -0.4 is 5.32 Å². The molecule has 0 atom stereocenters. The first-order valence-corrected chi connectivity index (χ1v) is 12.6. The van der Waals surface area contributed by atoms with Gasteiger partial charge in [0, 0.05) is 57.3 Å². The number of anilines is 1. The first-order chi connectivity index (χ1) is 18.6. The molecular weight excluding hydrogens is 477 g/mol. The highest BCUT2D eigenvalue weighted by molar-refractivity contribution is 6.00. The summed E-state index contributed by atoms with van der Waals surface area (Å²) in [6.45, 7) is 6.29. The molecule has 0 saturated carbocycles. The molecule has 0 saturated heterocycles. The van der Waals surface area contributed by atoms with Gasteiger partial charge in [0.2, 0.25) is 0 Å². The van der Waals surface area contributed by atoms with Crippen molar-refractivity contribution in [3.8, 4) is 33.8 Å². The first-order valence-electron chi connectivity index (χ1n) is 12.6. The average molecular weight is 504 g/mol. The van der Waals surface area contributed by atoms with E-state index < -0.39 is 0 Å². The Morgan fingerprint density at radius 1 is 0.947 bits per heavy atom. The van der Waals surface area contributed by atoms with Crippen molar-refractivity contribution in [3.63, 3.8) is 0 Å². The number of fused-ring (bicyclic) bond motifs is 2. The molecule has 0 radical (unpaired) electrons. The van der Waals surface area contributed by atoms with Gasteiger partial charge in [-0.05, 0) is 61.4 Å². The highest BCUT2D eigenvalue weighted by Gasteiger charge is 2.15. The minimum Gasteiger partial charge on any atom is -0.358 e. The Labute approximate surface area is 218 Å². The molecule has 5 heterocycles. The van der Waals surface area contributed by atoms with Gasteiger partial charge in [0.15, 0.2) is 5.65 Å². The number of rotatable bonds is 8.